The van der Waals surface area contributed by atoms with Crippen LogP contribution in [0.15, 0.2) is 70.5 Å². The van der Waals surface area contributed by atoms with E-state index in [1.54, 1.807) is 0 Å². The Bertz CT molecular complexity index is 1540. The van der Waals surface area contributed by atoms with Gasteiger partial charge in [0.05, 0.1) is 28.8 Å². The van der Waals surface area contributed by atoms with Gasteiger partial charge in [0.25, 0.3) is 9.84 Å². The minimum atomic E-state index is -5.53. The maximum Gasteiger partial charge on any atom is 0.501 e. The van der Waals surface area contributed by atoms with E-state index in [9.17, 15) is 31.5 Å². The Morgan fingerprint density at radius 3 is 2.32 bits per heavy atom. The van der Waals surface area contributed by atoms with E-state index >= 15 is 0 Å². The molecule has 4 rings (SSSR count). The lowest BCUT2D eigenvalue weighted by molar-refractivity contribution is -0.0436. The Balaban J connectivity index is 1.75. The number of sulfone groups is 1. The Morgan fingerprint density at radius 2 is 1.71 bits per heavy atom. The van der Waals surface area contributed by atoms with Crippen LogP contribution >= 0.6 is 0 Å². The van der Waals surface area contributed by atoms with Gasteiger partial charge in [-0.1, -0.05) is 18.2 Å². The topological polar surface area (TPSA) is 97.4 Å². The van der Waals surface area contributed by atoms with E-state index in [0.29, 0.717) is 5.82 Å². The number of alkyl halides is 3. The highest BCUT2D eigenvalue weighted by Gasteiger charge is 2.46. The summed E-state index contributed by atoms with van der Waals surface area (Å²) in [6.07, 6.45) is 1.20. The number of imidazole rings is 1. The van der Waals surface area contributed by atoms with Gasteiger partial charge in [0.2, 0.25) is 5.88 Å². The van der Waals surface area contributed by atoms with Crippen molar-refractivity contribution in [3.63, 3.8) is 0 Å². The molecule has 178 valence electrons. The smallest absolute Gasteiger partial charge is 0.493 e. The summed E-state index contributed by atoms with van der Waals surface area (Å²) in [5.41, 5.74) is -4.61. The average molecular weight is 492 g/mol. The van der Waals surface area contributed by atoms with Gasteiger partial charge in [0.1, 0.15) is 5.82 Å². The lowest BCUT2D eigenvalue weighted by Gasteiger charge is -2.15. The van der Waals surface area contributed by atoms with Crippen LogP contribution in [0.5, 0.6) is 5.88 Å². The second-order valence-electron chi connectivity index (χ2n) is 7.73. The quantitative estimate of drug-likeness (QED) is 0.459. The zero-order chi connectivity index (χ0) is 24.8. The average Bonchev–Trinajstić information content (AvgIpc) is 3.05. The molecule has 0 saturated carbocycles. The third kappa shape index (κ3) is 4.00. The molecule has 0 spiro atoms. The Morgan fingerprint density at radius 1 is 1.06 bits per heavy atom. The number of aromatic nitrogens is 3. The highest BCUT2D eigenvalue weighted by Crippen LogP contribution is 2.31. The molecule has 2 heterocycles. The van der Waals surface area contributed by atoms with Gasteiger partial charge in [-0.3, -0.25) is 4.57 Å². The number of halogens is 3. The van der Waals surface area contributed by atoms with E-state index in [-0.39, 0.29) is 12.2 Å². The van der Waals surface area contributed by atoms with Crippen LogP contribution in [0.3, 0.4) is 0 Å². The monoisotopic (exact) mass is 492 g/mol. The molecule has 0 atom stereocenters. The predicted molar refractivity (Wildman–Crippen MR) is 120 cm³/mol. The fourth-order valence-corrected chi connectivity index (χ4v) is 4.28. The van der Waals surface area contributed by atoms with Crippen LogP contribution in [-0.2, 0) is 16.4 Å². The minimum absolute atomic E-state index is 0.0101. The molecule has 0 aliphatic carbocycles. The fourth-order valence-electron chi connectivity index (χ4n) is 3.52. The van der Waals surface area contributed by atoms with Crippen LogP contribution in [0, 0.1) is 0 Å². The number of fused-ring (bicyclic) bond motifs is 1. The second kappa shape index (κ2) is 8.20. The summed E-state index contributed by atoms with van der Waals surface area (Å²) < 4.78 is 63.6. The number of rotatable bonds is 5. The molecule has 0 aliphatic rings. The zero-order valence-electron chi connectivity index (χ0n) is 18.0. The standard InChI is InChI=1S/C22H19F3N4O4S/c1-27(2)19-11-14(17-5-3-4-6-18(17)26-19)12-28-13-20(30)29(21(28)31)15-7-9-16(10-8-15)34(32,33)22(23,24)25/h3-11,13,30H,12H2,1-2H3. The van der Waals surface area contributed by atoms with Crippen LogP contribution in [-0.4, -0.2) is 47.2 Å². The molecule has 0 saturated heterocycles. The molecule has 0 bridgehead atoms. The Kier molecular flexibility index (Phi) is 5.64. The van der Waals surface area contributed by atoms with Crippen LogP contribution in [0.1, 0.15) is 5.56 Å². The van der Waals surface area contributed by atoms with Crippen molar-refractivity contribution in [2.24, 2.45) is 0 Å². The summed E-state index contributed by atoms with van der Waals surface area (Å²) in [7, 11) is -1.87. The van der Waals surface area contributed by atoms with Crippen molar-refractivity contribution in [3.8, 4) is 11.6 Å². The number of aromatic hydroxyl groups is 1. The van der Waals surface area contributed by atoms with Gasteiger partial charge in [-0.05, 0) is 42.0 Å². The number of nitrogens with zero attached hydrogens (tertiary/aromatic N) is 4. The molecule has 0 fully saturated rings. The van der Waals surface area contributed by atoms with Gasteiger partial charge in [-0.2, -0.15) is 13.2 Å². The third-order valence-corrected chi connectivity index (χ3v) is 6.74. The molecule has 1 N–H and O–H groups in total. The van der Waals surface area contributed by atoms with Crippen LogP contribution in [0.25, 0.3) is 16.6 Å². The van der Waals surface area contributed by atoms with Gasteiger partial charge in [-0.15, -0.1) is 0 Å². The summed E-state index contributed by atoms with van der Waals surface area (Å²) in [5.74, 6) is 0.217. The zero-order valence-corrected chi connectivity index (χ0v) is 18.8. The van der Waals surface area contributed by atoms with Crippen molar-refractivity contribution in [2.45, 2.75) is 16.9 Å². The molecular formula is C22H19F3N4O4S. The number of hydrogen-bond acceptors (Lipinski definition) is 6. The van der Waals surface area contributed by atoms with Crippen molar-refractivity contribution in [3.05, 3.63) is 76.8 Å². The molecule has 12 heteroatoms. The maximum atomic E-state index is 13.0. The summed E-state index contributed by atoms with van der Waals surface area (Å²) in [4.78, 5) is 18.5. The highest BCUT2D eigenvalue weighted by molar-refractivity contribution is 7.92. The first-order valence-electron chi connectivity index (χ1n) is 9.89. The van der Waals surface area contributed by atoms with Gasteiger partial charge in [-0.25, -0.2) is 22.8 Å². The van der Waals surface area contributed by atoms with E-state index in [1.807, 2.05) is 49.3 Å². The Hall–Kier alpha value is -3.80. The fraction of sp³-hybridized carbons (Fsp3) is 0.182. The highest BCUT2D eigenvalue weighted by atomic mass is 32.2. The summed E-state index contributed by atoms with van der Waals surface area (Å²) in [5, 5.41) is 11.2. The third-order valence-electron chi connectivity index (χ3n) is 5.23. The molecule has 0 aliphatic heterocycles. The van der Waals surface area contributed by atoms with E-state index in [2.05, 4.69) is 4.98 Å². The van der Waals surface area contributed by atoms with Gasteiger partial charge < -0.3 is 10.0 Å². The molecule has 2 aromatic carbocycles. The molecule has 2 aromatic heterocycles. The minimum Gasteiger partial charge on any atom is -0.493 e. The van der Waals surface area contributed by atoms with E-state index < -0.39 is 31.8 Å². The van der Waals surface area contributed by atoms with Gasteiger partial charge in [0.15, 0.2) is 0 Å². The largest absolute Gasteiger partial charge is 0.501 e. The van der Waals surface area contributed by atoms with Crippen molar-refractivity contribution in [2.75, 3.05) is 19.0 Å². The van der Waals surface area contributed by atoms with Crippen molar-refractivity contribution < 1.29 is 26.7 Å². The van der Waals surface area contributed by atoms with Gasteiger partial charge in [0, 0.05) is 19.5 Å². The number of benzene rings is 2. The SMILES string of the molecule is CN(C)c1cc(Cn2cc(O)n(-c3ccc(S(=O)(=O)C(F)(F)F)cc3)c2=O)c2ccccc2n1. The Labute approximate surface area is 192 Å². The molecule has 0 unspecified atom stereocenters. The van der Waals surface area contributed by atoms with Crippen molar-refractivity contribution >= 4 is 26.6 Å². The number of para-hydroxylation sites is 1. The number of anilines is 1. The first kappa shape index (κ1) is 23.4. The lowest BCUT2D eigenvalue weighted by Crippen LogP contribution is -2.24. The first-order chi connectivity index (χ1) is 15.9. The van der Waals surface area contributed by atoms with Crippen LogP contribution < -0.4 is 10.6 Å². The molecule has 4 aromatic rings. The predicted octanol–water partition coefficient (Wildman–Crippen LogP) is 3.30. The summed E-state index contributed by atoms with van der Waals surface area (Å²) >= 11 is 0. The molecule has 0 amide bonds. The number of pyridine rings is 1. The van der Waals surface area contributed by atoms with E-state index in [0.717, 1.165) is 45.3 Å². The van der Waals surface area contributed by atoms with E-state index in [1.165, 1.54) is 10.8 Å². The van der Waals surface area contributed by atoms with E-state index in [4.69, 9.17) is 0 Å². The lowest BCUT2D eigenvalue weighted by atomic mass is 10.1. The van der Waals surface area contributed by atoms with Crippen molar-refractivity contribution in [1.29, 1.82) is 0 Å². The normalized spacial score (nSPS) is 12.3. The summed E-state index contributed by atoms with van der Waals surface area (Å²) in [6.45, 7) is 0.0871. The first-order valence-corrected chi connectivity index (χ1v) is 11.4. The van der Waals surface area contributed by atoms with Crippen LogP contribution in [0.4, 0.5) is 19.0 Å². The molecular weight excluding hydrogens is 473 g/mol. The molecule has 0 radical (unpaired) electrons. The van der Waals surface area contributed by atoms with Crippen LogP contribution in [0.2, 0.25) is 0 Å². The second-order valence-corrected chi connectivity index (χ2v) is 9.67. The molecule has 8 nitrogen and oxygen atoms in total. The number of hydrogen-bond donors (Lipinski definition) is 1. The van der Waals surface area contributed by atoms with Gasteiger partial charge >= 0.3 is 11.2 Å². The van der Waals surface area contributed by atoms with Crippen molar-refractivity contribution in [1.82, 2.24) is 14.1 Å². The summed E-state index contributed by atoms with van der Waals surface area (Å²) in [6, 6.07) is 12.7. The maximum absolute atomic E-state index is 13.0. The molecule has 34 heavy (non-hydrogen) atoms.